The minimum absolute atomic E-state index is 0.0225. The van der Waals surface area contributed by atoms with E-state index in [0.717, 1.165) is 19.3 Å². The van der Waals surface area contributed by atoms with Gasteiger partial charge in [0.2, 0.25) is 0 Å². The van der Waals surface area contributed by atoms with Crippen molar-refractivity contribution >= 4 is 10.2 Å². The summed E-state index contributed by atoms with van der Waals surface area (Å²) in [7, 11) is -3.23. The molecule has 1 aliphatic heterocycles. The molecule has 0 aliphatic carbocycles. The number of hydrogen-bond donors (Lipinski definition) is 1. The second-order valence-corrected chi connectivity index (χ2v) is 6.22. The summed E-state index contributed by atoms with van der Waals surface area (Å²) in [4.78, 5) is 0. The fraction of sp³-hybridized carbons (Fsp3) is 1.00. The molecule has 1 aliphatic rings. The second-order valence-electron chi connectivity index (χ2n) is 4.51. The molecule has 0 saturated carbocycles. The molecule has 1 N–H and O–H groups in total. The molecule has 1 unspecified atom stereocenters. The van der Waals surface area contributed by atoms with Gasteiger partial charge < -0.3 is 0 Å². The molecule has 90 valence electrons. The topological polar surface area (TPSA) is 49.4 Å². The van der Waals surface area contributed by atoms with Crippen LogP contribution >= 0.6 is 0 Å². The van der Waals surface area contributed by atoms with Crippen LogP contribution in [-0.2, 0) is 10.2 Å². The maximum Gasteiger partial charge on any atom is 0.279 e. The molecular formula is C10H22N2O2S. The van der Waals surface area contributed by atoms with Crippen molar-refractivity contribution in [3.63, 3.8) is 0 Å². The van der Waals surface area contributed by atoms with Gasteiger partial charge in [-0.05, 0) is 32.1 Å². The third-order valence-electron chi connectivity index (χ3n) is 3.05. The average Bonchev–Trinajstić information content (AvgIpc) is 2.17. The Hall–Kier alpha value is -0.130. The molecule has 5 heteroatoms. The van der Waals surface area contributed by atoms with E-state index in [9.17, 15) is 8.42 Å². The van der Waals surface area contributed by atoms with Gasteiger partial charge in [-0.2, -0.15) is 17.4 Å². The van der Waals surface area contributed by atoms with Gasteiger partial charge in [0.25, 0.3) is 10.2 Å². The van der Waals surface area contributed by atoms with Gasteiger partial charge in [0, 0.05) is 19.1 Å². The highest BCUT2D eigenvalue weighted by Crippen LogP contribution is 2.18. The molecule has 1 fully saturated rings. The summed E-state index contributed by atoms with van der Waals surface area (Å²) in [6.07, 6.45) is 2.77. The first-order chi connectivity index (χ1) is 6.95. The zero-order valence-corrected chi connectivity index (χ0v) is 10.7. The van der Waals surface area contributed by atoms with Gasteiger partial charge in [0.15, 0.2) is 0 Å². The zero-order chi connectivity index (χ0) is 11.5. The van der Waals surface area contributed by atoms with E-state index in [1.807, 2.05) is 13.8 Å². The summed E-state index contributed by atoms with van der Waals surface area (Å²) in [6, 6.07) is 0.0225. The summed E-state index contributed by atoms with van der Waals surface area (Å²) in [5.74, 6) is 0.653. The average molecular weight is 234 g/mol. The predicted octanol–water partition coefficient (Wildman–Crippen LogP) is 1.35. The van der Waals surface area contributed by atoms with Crippen LogP contribution in [-0.4, -0.2) is 31.9 Å². The van der Waals surface area contributed by atoms with Gasteiger partial charge >= 0.3 is 0 Å². The van der Waals surface area contributed by atoms with Crippen molar-refractivity contribution in [2.75, 3.05) is 13.1 Å². The lowest BCUT2D eigenvalue weighted by molar-refractivity contribution is 0.283. The first-order valence-corrected chi connectivity index (χ1v) is 7.17. The quantitative estimate of drug-likeness (QED) is 0.798. The van der Waals surface area contributed by atoms with Crippen LogP contribution in [0.5, 0.6) is 0 Å². The van der Waals surface area contributed by atoms with Gasteiger partial charge in [-0.25, -0.2) is 0 Å². The Morgan fingerprint density at radius 3 is 2.40 bits per heavy atom. The minimum atomic E-state index is -3.23. The van der Waals surface area contributed by atoms with Crippen molar-refractivity contribution in [1.82, 2.24) is 9.03 Å². The molecule has 1 saturated heterocycles. The maximum atomic E-state index is 11.9. The monoisotopic (exact) mass is 234 g/mol. The van der Waals surface area contributed by atoms with Gasteiger partial charge in [-0.15, -0.1) is 0 Å². The van der Waals surface area contributed by atoms with E-state index in [-0.39, 0.29) is 6.04 Å². The van der Waals surface area contributed by atoms with Crippen LogP contribution in [0.3, 0.4) is 0 Å². The van der Waals surface area contributed by atoms with Gasteiger partial charge in [0.1, 0.15) is 0 Å². The smallest absolute Gasteiger partial charge is 0.199 e. The van der Waals surface area contributed by atoms with Crippen LogP contribution in [0.4, 0.5) is 0 Å². The fourth-order valence-electron chi connectivity index (χ4n) is 1.64. The first kappa shape index (κ1) is 12.9. The van der Waals surface area contributed by atoms with Crippen LogP contribution in [0.15, 0.2) is 0 Å². The van der Waals surface area contributed by atoms with Gasteiger partial charge in [0.05, 0.1) is 0 Å². The van der Waals surface area contributed by atoms with E-state index in [1.54, 1.807) is 4.31 Å². The Morgan fingerprint density at radius 2 is 1.93 bits per heavy atom. The van der Waals surface area contributed by atoms with Crippen LogP contribution in [0.25, 0.3) is 0 Å². The molecule has 0 bridgehead atoms. The molecule has 0 spiro atoms. The highest BCUT2D eigenvalue weighted by molar-refractivity contribution is 7.87. The highest BCUT2D eigenvalue weighted by Gasteiger charge is 2.26. The van der Waals surface area contributed by atoms with E-state index >= 15 is 0 Å². The number of piperidine rings is 1. The number of hydrogen-bond acceptors (Lipinski definition) is 2. The van der Waals surface area contributed by atoms with E-state index < -0.39 is 10.2 Å². The molecule has 1 rings (SSSR count). The van der Waals surface area contributed by atoms with Crippen LogP contribution in [0.1, 0.15) is 40.0 Å². The van der Waals surface area contributed by atoms with Crippen molar-refractivity contribution in [2.24, 2.45) is 5.92 Å². The summed E-state index contributed by atoms with van der Waals surface area (Å²) < 4.78 is 28.0. The molecule has 1 heterocycles. The largest absolute Gasteiger partial charge is 0.279 e. The Bertz CT molecular complexity index is 282. The first-order valence-electron chi connectivity index (χ1n) is 5.73. The Kier molecular flexibility index (Phi) is 4.55. The Morgan fingerprint density at radius 1 is 1.40 bits per heavy atom. The van der Waals surface area contributed by atoms with Crippen LogP contribution < -0.4 is 4.72 Å². The molecule has 0 amide bonds. The number of nitrogens with one attached hydrogen (secondary N) is 1. The van der Waals surface area contributed by atoms with Crippen molar-refractivity contribution in [2.45, 2.75) is 46.1 Å². The number of nitrogens with zero attached hydrogens (tertiary/aromatic N) is 1. The molecule has 4 nitrogen and oxygen atoms in total. The van der Waals surface area contributed by atoms with Gasteiger partial charge in [-0.1, -0.05) is 13.8 Å². The molecule has 0 aromatic carbocycles. The molecule has 0 radical (unpaired) electrons. The van der Waals surface area contributed by atoms with Crippen LogP contribution in [0.2, 0.25) is 0 Å². The Balaban J connectivity index is 2.54. The highest BCUT2D eigenvalue weighted by atomic mass is 32.2. The standard InChI is InChI=1S/C10H22N2O2S/c1-4-10(3)11-15(13,14)12-7-5-9(2)6-8-12/h9-11H,4-8H2,1-3H3. The molecular weight excluding hydrogens is 212 g/mol. The summed E-state index contributed by atoms with van der Waals surface area (Å²) >= 11 is 0. The normalized spacial score (nSPS) is 22.9. The SMILES string of the molecule is CCC(C)NS(=O)(=O)N1CCC(C)CC1. The zero-order valence-electron chi connectivity index (χ0n) is 9.86. The van der Waals surface area contributed by atoms with E-state index in [2.05, 4.69) is 11.6 Å². The lowest BCUT2D eigenvalue weighted by atomic mass is 10.0. The minimum Gasteiger partial charge on any atom is -0.199 e. The molecule has 15 heavy (non-hydrogen) atoms. The predicted molar refractivity (Wildman–Crippen MR) is 61.8 cm³/mol. The lowest BCUT2D eigenvalue weighted by Gasteiger charge is -2.30. The van der Waals surface area contributed by atoms with Crippen molar-refractivity contribution in [3.05, 3.63) is 0 Å². The molecule has 0 aromatic heterocycles. The third kappa shape index (κ3) is 3.74. The summed E-state index contributed by atoms with van der Waals surface area (Å²) in [6.45, 7) is 7.36. The van der Waals surface area contributed by atoms with E-state index in [0.29, 0.717) is 19.0 Å². The van der Waals surface area contributed by atoms with Crippen molar-refractivity contribution in [1.29, 1.82) is 0 Å². The van der Waals surface area contributed by atoms with E-state index in [4.69, 9.17) is 0 Å². The third-order valence-corrected chi connectivity index (χ3v) is 4.79. The molecule has 0 aromatic rings. The second kappa shape index (κ2) is 5.27. The fourth-order valence-corrected chi connectivity index (χ4v) is 3.15. The summed E-state index contributed by atoms with van der Waals surface area (Å²) in [5, 5.41) is 0. The maximum absolute atomic E-state index is 11.9. The van der Waals surface area contributed by atoms with E-state index in [1.165, 1.54) is 0 Å². The Labute approximate surface area is 93.2 Å². The lowest BCUT2D eigenvalue weighted by Crippen LogP contribution is -2.47. The van der Waals surface area contributed by atoms with Crippen molar-refractivity contribution < 1.29 is 8.42 Å². The van der Waals surface area contributed by atoms with Gasteiger partial charge in [-0.3, -0.25) is 0 Å². The molecule has 1 atom stereocenters. The van der Waals surface area contributed by atoms with Crippen molar-refractivity contribution in [3.8, 4) is 0 Å². The summed E-state index contributed by atoms with van der Waals surface area (Å²) in [5.41, 5.74) is 0. The van der Waals surface area contributed by atoms with Crippen LogP contribution in [0, 0.1) is 5.92 Å². The number of rotatable bonds is 4.